The van der Waals surface area contributed by atoms with Gasteiger partial charge in [0, 0.05) is 0 Å². The second kappa shape index (κ2) is 5.80. The number of phenols is 1. The Kier molecular flexibility index (Phi) is 4.99. The standard InChI is InChI=1S/C8H7I2N3OS/c9-5-1-4(2-6(10)7(5)14)3-12-13-8(11)15/h1-3,14H,(H3,11,13,15)/b12-3+. The molecule has 4 nitrogen and oxygen atoms in total. The molecule has 1 aromatic rings. The monoisotopic (exact) mass is 447 g/mol. The number of nitrogens with two attached hydrogens (primary N) is 1. The summed E-state index contributed by atoms with van der Waals surface area (Å²) in [6, 6.07) is 3.62. The molecule has 1 aromatic carbocycles. The van der Waals surface area contributed by atoms with E-state index in [9.17, 15) is 5.11 Å². The van der Waals surface area contributed by atoms with Gasteiger partial charge in [-0.05, 0) is 75.1 Å². The zero-order valence-corrected chi connectivity index (χ0v) is 12.5. The summed E-state index contributed by atoms with van der Waals surface area (Å²) in [4.78, 5) is 0. The quantitative estimate of drug-likeness (QED) is 0.280. The molecule has 4 N–H and O–H groups in total. The molecule has 1 rings (SSSR count). The molecule has 80 valence electrons. The molecule has 0 bridgehead atoms. The van der Waals surface area contributed by atoms with Gasteiger partial charge in [0.25, 0.3) is 0 Å². The highest BCUT2D eigenvalue weighted by Crippen LogP contribution is 2.26. The van der Waals surface area contributed by atoms with Crippen molar-refractivity contribution in [3.8, 4) is 5.75 Å². The van der Waals surface area contributed by atoms with E-state index in [4.69, 9.17) is 5.73 Å². The van der Waals surface area contributed by atoms with Crippen molar-refractivity contribution in [1.29, 1.82) is 0 Å². The first-order valence-electron chi connectivity index (χ1n) is 3.77. The first-order valence-corrected chi connectivity index (χ1v) is 6.34. The molecular formula is C8H7I2N3OS. The minimum atomic E-state index is 0.120. The summed E-state index contributed by atoms with van der Waals surface area (Å²) in [5.41, 5.74) is 8.53. The van der Waals surface area contributed by atoms with Gasteiger partial charge in [-0.25, -0.2) is 0 Å². The van der Waals surface area contributed by atoms with E-state index in [1.54, 1.807) is 6.21 Å². The summed E-state index contributed by atoms with van der Waals surface area (Å²) in [6.45, 7) is 0. The lowest BCUT2D eigenvalue weighted by Crippen LogP contribution is -2.23. The molecule has 0 saturated heterocycles. The van der Waals surface area contributed by atoms with Crippen LogP contribution in [0.2, 0.25) is 0 Å². The number of halogens is 2. The van der Waals surface area contributed by atoms with Crippen LogP contribution < -0.4 is 11.2 Å². The number of aromatic hydroxyl groups is 1. The van der Waals surface area contributed by atoms with Gasteiger partial charge in [0.2, 0.25) is 0 Å². The first-order chi connectivity index (χ1) is 7.00. The van der Waals surface area contributed by atoms with Crippen molar-refractivity contribution in [3.63, 3.8) is 0 Å². The van der Waals surface area contributed by atoms with Crippen molar-refractivity contribution in [2.45, 2.75) is 0 Å². The second-order valence-electron chi connectivity index (χ2n) is 2.57. The number of nitrogens with one attached hydrogen (secondary N) is 1. The van der Waals surface area contributed by atoms with E-state index in [1.165, 1.54) is 0 Å². The van der Waals surface area contributed by atoms with Crippen LogP contribution in [-0.4, -0.2) is 16.4 Å². The Hall–Kier alpha value is -0.160. The second-order valence-corrected chi connectivity index (χ2v) is 5.33. The third kappa shape index (κ3) is 4.07. The Morgan fingerprint density at radius 1 is 1.47 bits per heavy atom. The topological polar surface area (TPSA) is 70.6 Å². The number of hydrogen-bond donors (Lipinski definition) is 3. The molecule has 0 fully saturated rings. The maximum atomic E-state index is 9.53. The van der Waals surface area contributed by atoms with Crippen LogP contribution in [0.5, 0.6) is 5.75 Å². The Bertz CT molecular complexity index is 399. The number of benzene rings is 1. The molecule has 0 unspecified atom stereocenters. The van der Waals surface area contributed by atoms with Gasteiger partial charge >= 0.3 is 0 Å². The minimum Gasteiger partial charge on any atom is -0.506 e. The molecule has 0 radical (unpaired) electrons. The molecule has 0 aliphatic carbocycles. The number of phenolic OH excluding ortho intramolecular Hbond substituents is 1. The zero-order valence-electron chi connectivity index (χ0n) is 7.37. The van der Waals surface area contributed by atoms with Gasteiger partial charge in [-0.3, -0.25) is 5.43 Å². The van der Waals surface area contributed by atoms with Gasteiger partial charge in [-0.1, -0.05) is 0 Å². The summed E-state index contributed by atoms with van der Waals surface area (Å²) in [7, 11) is 0. The Labute approximate surface area is 120 Å². The molecule has 0 heterocycles. The van der Waals surface area contributed by atoms with Crippen LogP contribution in [-0.2, 0) is 0 Å². The highest BCUT2D eigenvalue weighted by Gasteiger charge is 2.03. The van der Waals surface area contributed by atoms with E-state index < -0.39 is 0 Å². The van der Waals surface area contributed by atoms with Crippen LogP contribution in [0.1, 0.15) is 5.56 Å². The van der Waals surface area contributed by atoms with Crippen LogP contribution in [0, 0.1) is 7.14 Å². The van der Waals surface area contributed by atoms with Crippen molar-refractivity contribution < 1.29 is 5.11 Å². The summed E-state index contributed by atoms with van der Waals surface area (Å²) in [5, 5.41) is 13.5. The molecule has 7 heteroatoms. The highest BCUT2D eigenvalue weighted by atomic mass is 127. The number of hydrazone groups is 1. The highest BCUT2D eigenvalue weighted by molar-refractivity contribution is 14.1. The van der Waals surface area contributed by atoms with E-state index in [-0.39, 0.29) is 10.9 Å². The average molecular weight is 447 g/mol. The number of rotatable bonds is 2. The summed E-state index contributed by atoms with van der Waals surface area (Å²) < 4.78 is 1.55. The number of hydrogen-bond acceptors (Lipinski definition) is 3. The third-order valence-electron chi connectivity index (χ3n) is 1.43. The minimum absolute atomic E-state index is 0.120. The fraction of sp³-hybridized carbons (Fsp3) is 0. The third-order valence-corrected chi connectivity index (χ3v) is 3.16. The van der Waals surface area contributed by atoms with Gasteiger partial charge in [0.1, 0.15) is 5.75 Å². The van der Waals surface area contributed by atoms with Gasteiger partial charge < -0.3 is 10.8 Å². The average Bonchev–Trinajstić information content (AvgIpc) is 2.13. The van der Waals surface area contributed by atoms with Crippen molar-refractivity contribution >= 4 is 68.7 Å². The van der Waals surface area contributed by atoms with Gasteiger partial charge in [-0.2, -0.15) is 5.10 Å². The number of nitrogens with zero attached hydrogens (tertiary/aromatic N) is 1. The fourth-order valence-electron chi connectivity index (χ4n) is 0.830. The van der Waals surface area contributed by atoms with E-state index >= 15 is 0 Å². The molecular weight excluding hydrogens is 440 g/mol. The molecule has 0 spiro atoms. The van der Waals surface area contributed by atoms with Crippen LogP contribution >= 0.6 is 57.4 Å². The van der Waals surface area contributed by atoms with Gasteiger partial charge in [0.05, 0.1) is 13.4 Å². The van der Waals surface area contributed by atoms with E-state index in [0.717, 1.165) is 12.7 Å². The maximum absolute atomic E-state index is 9.53. The van der Waals surface area contributed by atoms with Crippen molar-refractivity contribution in [2.75, 3.05) is 0 Å². The van der Waals surface area contributed by atoms with Crippen molar-refractivity contribution in [3.05, 3.63) is 24.8 Å². The van der Waals surface area contributed by atoms with Gasteiger partial charge in [0.15, 0.2) is 5.11 Å². The van der Waals surface area contributed by atoms with Crippen LogP contribution in [0.3, 0.4) is 0 Å². The predicted octanol–water partition coefficient (Wildman–Crippen LogP) is 1.77. The maximum Gasteiger partial charge on any atom is 0.184 e. The van der Waals surface area contributed by atoms with E-state index in [0.29, 0.717) is 0 Å². The number of thiocarbonyl (C=S) groups is 1. The Balaban J connectivity index is 2.87. The molecule has 0 aliphatic heterocycles. The summed E-state index contributed by atoms with van der Waals surface area (Å²) in [6.07, 6.45) is 1.59. The lowest BCUT2D eigenvalue weighted by Gasteiger charge is -2.02. The van der Waals surface area contributed by atoms with Crippen molar-refractivity contribution in [2.24, 2.45) is 10.8 Å². The molecule has 0 aliphatic rings. The van der Waals surface area contributed by atoms with Gasteiger partial charge in [-0.15, -0.1) is 0 Å². The SMILES string of the molecule is NC(=S)N/N=C/c1cc(I)c(O)c(I)c1. The normalized spacial score (nSPS) is 10.5. The lowest BCUT2D eigenvalue weighted by molar-refractivity contribution is 0.467. The lowest BCUT2D eigenvalue weighted by atomic mass is 10.2. The molecule has 15 heavy (non-hydrogen) atoms. The Morgan fingerprint density at radius 2 is 2.00 bits per heavy atom. The largest absolute Gasteiger partial charge is 0.506 e. The predicted molar refractivity (Wildman–Crippen MR) is 81.1 cm³/mol. The summed E-state index contributed by atoms with van der Waals surface area (Å²) >= 11 is 8.70. The zero-order chi connectivity index (χ0) is 11.4. The molecule has 0 amide bonds. The molecule has 0 atom stereocenters. The summed E-state index contributed by atoms with van der Waals surface area (Å²) in [5.74, 6) is 0.288. The smallest absolute Gasteiger partial charge is 0.184 e. The fourth-order valence-corrected chi connectivity index (χ4v) is 2.70. The van der Waals surface area contributed by atoms with E-state index in [2.05, 4.69) is 67.9 Å². The van der Waals surface area contributed by atoms with Crippen LogP contribution in [0.15, 0.2) is 17.2 Å². The molecule has 0 saturated carbocycles. The van der Waals surface area contributed by atoms with Crippen LogP contribution in [0.25, 0.3) is 0 Å². The molecule has 0 aromatic heterocycles. The van der Waals surface area contributed by atoms with Crippen LogP contribution in [0.4, 0.5) is 0 Å². The van der Waals surface area contributed by atoms with Crippen molar-refractivity contribution in [1.82, 2.24) is 5.43 Å². The first kappa shape index (κ1) is 12.9. The van der Waals surface area contributed by atoms with E-state index in [1.807, 2.05) is 12.1 Å². The Morgan fingerprint density at radius 3 is 2.47 bits per heavy atom.